The molecule has 0 aromatic heterocycles. The van der Waals surface area contributed by atoms with Gasteiger partial charge >= 0.3 is 0 Å². The highest BCUT2D eigenvalue weighted by molar-refractivity contribution is 6.27. The zero-order valence-electron chi connectivity index (χ0n) is 9.90. The van der Waals surface area contributed by atoms with Gasteiger partial charge in [-0.25, -0.2) is 0 Å². The highest BCUT2D eigenvalue weighted by atomic mass is 35.5. The molecule has 0 radical (unpaired) electrons. The lowest BCUT2D eigenvalue weighted by Gasteiger charge is -2.05. The molecule has 0 bridgehead atoms. The third-order valence-electron chi connectivity index (χ3n) is 2.67. The molecule has 0 saturated carbocycles. The van der Waals surface area contributed by atoms with Crippen molar-refractivity contribution >= 4 is 17.5 Å². The van der Waals surface area contributed by atoms with Crippen LogP contribution in [0.15, 0.2) is 54.6 Å². The van der Waals surface area contributed by atoms with E-state index in [1.807, 2.05) is 30.3 Å². The summed E-state index contributed by atoms with van der Waals surface area (Å²) in [5.41, 5.74) is 3.42. The number of carbonyl (C=O) groups is 1. The molecular weight excluding hydrogens is 246 g/mol. The van der Waals surface area contributed by atoms with Crippen molar-refractivity contribution in [2.45, 2.75) is 6.54 Å². The van der Waals surface area contributed by atoms with E-state index in [1.165, 1.54) is 11.1 Å². The maximum Gasteiger partial charge on any atom is 0.235 e. The second-order valence-corrected chi connectivity index (χ2v) is 4.24. The first kappa shape index (κ1) is 12.7. The van der Waals surface area contributed by atoms with Crippen molar-refractivity contribution in [3.8, 4) is 11.1 Å². The minimum Gasteiger partial charge on any atom is -0.351 e. The van der Waals surface area contributed by atoms with Crippen molar-refractivity contribution in [2.75, 3.05) is 5.88 Å². The van der Waals surface area contributed by atoms with Crippen molar-refractivity contribution in [1.29, 1.82) is 0 Å². The van der Waals surface area contributed by atoms with Crippen molar-refractivity contribution in [3.63, 3.8) is 0 Å². The number of benzene rings is 2. The monoisotopic (exact) mass is 259 g/mol. The van der Waals surface area contributed by atoms with Crippen molar-refractivity contribution < 1.29 is 4.79 Å². The van der Waals surface area contributed by atoms with Crippen LogP contribution < -0.4 is 5.32 Å². The molecule has 92 valence electrons. The first-order valence-corrected chi connectivity index (χ1v) is 6.30. The number of carbonyl (C=O) groups excluding carboxylic acids is 1. The first-order valence-electron chi connectivity index (χ1n) is 5.76. The van der Waals surface area contributed by atoms with E-state index in [-0.39, 0.29) is 11.8 Å². The summed E-state index contributed by atoms with van der Waals surface area (Å²) >= 11 is 5.41. The molecule has 2 rings (SSSR count). The molecule has 2 aromatic carbocycles. The Hall–Kier alpha value is -1.80. The summed E-state index contributed by atoms with van der Waals surface area (Å²) in [5.74, 6) is -0.147. The second-order valence-electron chi connectivity index (χ2n) is 3.97. The largest absolute Gasteiger partial charge is 0.351 e. The van der Waals surface area contributed by atoms with Crippen LogP contribution in [0.1, 0.15) is 5.56 Å². The van der Waals surface area contributed by atoms with E-state index in [0.717, 1.165) is 5.56 Å². The Balaban J connectivity index is 2.04. The minimum atomic E-state index is -0.149. The van der Waals surface area contributed by atoms with Crippen molar-refractivity contribution in [3.05, 3.63) is 60.2 Å². The number of halogens is 1. The van der Waals surface area contributed by atoms with Crippen LogP contribution in [0.2, 0.25) is 0 Å². The quantitative estimate of drug-likeness (QED) is 0.840. The summed E-state index contributed by atoms with van der Waals surface area (Å²) in [6.45, 7) is 0.515. The number of nitrogens with one attached hydrogen (secondary N) is 1. The molecule has 0 spiro atoms. The van der Waals surface area contributed by atoms with E-state index >= 15 is 0 Å². The fourth-order valence-corrected chi connectivity index (χ4v) is 1.79. The van der Waals surface area contributed by atoms with Crippen LogP contribution in [0.5, 0.6) is 0 Å². The summed E-state index contributed by atoms with van der Waals surface area (Å²) in [6.07, 6.45) is 0. The van der Waals surface area contributed by atoms with E-state index in [0.29, 0.717) is 6.54 Å². The number of hydrogen-bond acceptors (Lipinski definition) is 1. The van der Waals surface area contributed by atoms with Gasteiger partial charge < -0.3 is 5.32 Å². The van der Waals surface area contributed by atoms with Crippen LogP contribution >= 0.6 is 11.6 Å². The van der Waals surface area contributed by atoms with Gasteiger partial charge in [-0.1, -0.05) is 54.6 Å². The van der Waals surface area contributed by atoms with Gasteiger partial charge in [0.05, 0.1) is 0 Å². The van der Waals surface area contributed by atoms with Gasteiger partial charge in [0, 0.05) is 6.54 Å². The molecule has 0 aliphatic carbocycles. The molecule has 2 aromatic rings. The van der Waals surface area contributed by atoms with Crippen LogP contribution in [-0.4, -0.2) is 11.8 Å². The van der Waals surface area contributed by atoms with E-state index in [1.54, 1.807) is 0 Å². The Bertz CT molecular complexity index is 508. The molecule has 0 fully saturated rings. The molecule has 18 heavy (non-hydrogen) atoms. The van der Waals surface area contributed by atoms with Gasteiger partial charge in [-0.05, 0) is 16.7 Å². The number of hydrogen-bond donors (Lipinski definition) is 1. The number of rotatable bonds is 4. The van der Waals surface area contributed by atoms with E-state index in [9.17, 15) is 4.79 Å². The van der Waals surface area contributed by atoms with Gasteiger partial charge in [0.15, 0.2) is 0 Å². The third-order valence-corrected chi connectivity index (χ3v) is 2.91. The summed E-state index contributed by atoms with van der Waals surface area (Å²) in [4.78, 5) is 11.0. The van der Waals surface area contributed by atoms with Gasteiger partial charge in [0.1, 0.15) is 5.88 Å². The Kier molecular flexibility index (Phi) is 4.37. The number of amides is 1. The summed E-state index contributed by atoms with van der Waals surface area (Å²) < 4.78 is 0. The zero-order valence-corrected chi connectivity index (χ0v) is 10.7. The molecule has 3 heteroatoms. The average Bonchev–Trinajstić information content (AvgIpc) is 2.46. The maximum atomic E-state index is 11.0. The molecule has 1 amide bonds. The van der Waals surface area contributed by atoms with E-state index < -0.39 is 0 Å². The predicted octanol–water partition coefficient (Wildman–Crippen LogP) is 3.21. The topological polar surface area (TPSA) is 29.1 Å². The number of alkyl halides is 1. The third kappa shape index (κ3) is 3.34. The Morgan fingerprint density at radius 2 is 1.56 bits per heavy atom. The first-order chi connectivity index (χ1) is 8.79. The Morgan fingerprint density at radius 1 is 0.944 bits per heavy atom. The molecular formula is C15H14ClNO. The molecule has 0 atom stereocenters. The highest BCUT2D eigenvalue weighted by Gasteiger charge is 2.00. The predicted molar refractivity (Wildman–Crippen MR) is 74.4 cm³/mol. The average molecular weight is 260 g/mol. The molecule has 0 aliphatic heterocycles. The summed E-state index contributed by atoms with van der Waals surface area (Å²) in [6, 6.07) is 18.3. The van der Waals surface area contributed by atoms with Crippen LogP contribution in [-0.2, 0) is 11.3 Å². The van der Waals surface area contributed by atoms with Gasteiger partial charge in [-0.3, -0.25) is 4.79 Å². The lowest BCUT2D eigenvalue weighted by molar-refractivity contribution is -0.118. The highest BCUT2D eigenvalue weighted by Crippen LogP contribution is 2.19. The lowest BCUT2D eigenvalue weighted by atomic mass is 10.0. The van der Waals surface area contributed by atoms with Gasteiger partial charge in [0.25, 0.3) is 0 Å². The Morgan fingerprint density at radius 3 is 2.17 bits per heavy atom. The van der Waals surface area contributed by atoms with Crippen molar-refractivity contribution in [1.82, 2.24) is 5.32 Å². The maximum absolute atomic E-state index is 11.0. The molecule has 2 nitrogen and oxygen atoms in total. The van der Waals surface area contributed by atoms with E-state index in [4.69, 9.17) is 11.6 Å². The normalized spacial score (nSPS) is 10.1. The molecule has 0 unspecified atom stereocenters. The Labute approximate surface area is 112 Å². The smallest absolute Gasteiger partial charge is 0.235 e. The summed E-state index contributed by atoms with van der Waals surface area (Å²) in [5, 5.41) is 2.74. The standard InChI is InChI=1S/C15H14ClNO/c16-10-15(18)17-11-12-6-8-14(9-7-12)13-4-2-1-3-5-13/h1-9H,10-11H2,(H,17,18). The molecule has 0 heterocycles. The lowest BCUT2D eigenvalue weighted by Crippen LogP contribution is -2.23. The van der Waals surface area contributed by atoms with Gasteiger partial charge in [0.2, 0.25) is 5.91 Å². The molecule has 0 saturated heterocycles. The SMILES string of the molecule is O=C(CCl)NCc1ccc(-c2ccccc2)cc1. The van der Waals surface area contributed by atoms with Crippen LogP contribution in [0.3, 0.4) is 0 Å². The fraction of sp³-hybridized carbons (Fsp3) is 0.133. The van der Waals surface area contributed by atoms with Crippen LogP contribution in [0, 0.1) is 0 Å². The van der Waals surface area contributed by atoms with E-state index in [2.05, 4.69) is 29.6 Å². The second kappa shape index (κ2) is 6.22. The minimum absolute atomic E-state index is 0.00208. The van der Waals surface area contributed by atoms with Gasteiger partial charge in [-0.2, -0.15) is 0 Å². The molecule has 0 aliphatic rings. The summed E-state index contributed by atoms with van der Waals surface area (Å²) in [7, 11) is 0. The van der Waals surface area contributed by atoms with Gasteiger partial charge in [-0.15, -0.1) is 11.6 Å². The molecule has 1 N–H and O–H groups in total. The zero-order chi connectivity index (χ0) is 12.8. The van der Waals surface area contributed by atoms with Crippen LogP contribution in [0.4, 0.5) is 0 Å². The fourth-order valence-electron chi connectivity index (χ4n) is 1.69. The van der Waals surface area contributed by atoms with Crippen molar-refractivity contribution in [2.24, 2.45) is 0 Å². The van der Waals surface area contributed by atoms with Crippen LogP contribution in [0.25, 0.3) is 11.1 Å².